The zero-order valence-corrected chi connectivity index (χ0v) is 18.9. The van der Waals surface area contributed by atoms with Crippen molar-refractivity contribution < 1.29 is 13.6 Å². The van der Waals surface area contributed by atoms with E-state index in [1.807, 2.05) is 24.0 Å². The molecule has 0 radical (unpaired) electrons. The lowest BCUT2D eigenvalue weighted by molar-refractivity contribution is -0.135. The van der Waals surface area contributed by atoms with Crippen molar-refractivity contribution in [3.05, 3.63) is 54.0 Å². The number of imidazole rings is 1. The Morgan fingerprint density at radius 2 is 1.97 bits per heavy atom. The van der Waals surface area contributed by atoms with E-state index in [0.717, 1.165) is 23.3 Å². The van der Waals surface area contributed by atoms with Crippen LogP contribution in [0.2, 0.25) is 0 Å². The van der Waals surface area contributed by atoms with Crippen molar-refractivity contribution in [1.82, 2.24) is 24.2 Å². The Morgan fingerprint density at radius 3 is 2.75 bits per heavy atom. The monoisotopic (exact) mass is 453 g/mol. The second kappa shape index (κ2) is 8.38. The highest BCUT2D eigenvalue weighted by molar-refractivity contribution is 7.95. The predicted octanol–water partition coefficient (Wildman–Crippen LogP) is 2.90. The van der Waals surface area contributed by atoms with E-state index < -0.39 is 10.4 Å². The molecule has 1 aromatic carbocycles. The minimum atomic E-state index is -3.60. The van der Waals surface area contributed by atoms with Gasteiger partial charge in [0, 0.05) is 31.7 Å². The third kappa shape index (κ3) is 3.96. The number of carbonyl (C=O) groups excluding carboxylic acids is 1. The van der Waals surface area contributed by atoms with Gasteiger partial charge in [-0.2, -0.15) is 0 Å². The maximum atomic E-state index is 13.3. The van der Waals surface area contributed by atoms with Crippen molar-refractivity contribution in [2.24, 2.45) is 5.92 Å². The Kier molecular flexibility index (Phi) is 5.56. The molecule has 8 nitrogen and oxygen atoms in total. The Hall–Kier alpha value is -2.62. The summed E-state index contributed by atoms with van der Waals surface area (Å²) in [4.78, 5) is 27.6. The topological polar surface area (TPSA) is 105 Å². The molecule has 0 aliphatic carbocycles. The molecule has 2 fully saturated rings. The highest BCUT2D eigenvalue weighted by Crippen LogP contribution is 2.31. The van der Waals surface area contributed by atoms with Gasteiger partial charge in [0.2, 0.25) is 5.91 Å². The van der Waals surface area contributed by atoms with E-state index in [0.29, 0.717) is 38.1 Å². The SMILES string of the molecule is Cc1ccc([S+](=O)([O-])N2CCCC(C(=O)N3CCC(c4nc5ncccc5[nH]4)C3)C2)cc1. The molecule has 2 aliphatic rings. The van der Waals surface area contributed by atoms with Gasteiger partial charge >= 0.3 is 0 Å². The summed E-state index contributed by atoms with van der Waals surface area (Å²) in [6, 6.07) is 10.7. The van der Waals surface area contributed by atoms with Crippen LogP contribution >= 0.6 is 0 Å². The van der Waals surface area contributed by atoms with Crippen LogP contribution in [-0.4, -0.2) is 60.8 Å². The second-order valence-electron chi connectivity index (χ2n) is 8.78. The maximum Gasteiger partial charge on any atom is 0.227 e. The molecule has 3 unspecified atom stereocenters. The van der Waals surface area contributed by atoms with Gasteiger partial charge in [-0.3, -0.25) is 4.79 Å². The molecule has 3 aromatic rings. The summed E-state index contributed by atoms with van der Waals surface area (Å²) in [6.45, 7) is 3.88. The average molecular weight is 454 g/mol. The zero-order chi connectivity index (χ0) is 22.3. The molecule has 32 heavy (non-hydrogen) atoms. The van der Waals surface area contributed by atoms with Crippen molar-refractivity contribution >= 4 is 27.5 Å². The first-order valence-electron chi connectivity index (χ1n) is 11.1. The molecule has 168 valence electrons. The van der Waals surface area contributed by atoms with Crippen LogP contribution in [0.3, 0.4) is 0 Å². The third-order valence-corrected chi connectivity index (χ3v) is 8.43. The number of likely N-dealkylation sites (tertiary alicyclic amines) is 1. The third-order valence-electron chi connectivity index (χ3n) is 6.55. The molecule has 4 heterocycles. The first-order chi connectivity index (χ1) is 15.4. The summed E-state index contributed by atoms with van der Waals surface area (Å²) in [6.07, 6.45) is 3.96. The van der Waals surface area contributed by atoms with Crippen molar-refractivity contribution in [2.45, 2.75) is 37.0 Å². The molecule has 9 heteroatoms. The van der Waals surface area contributed by atoms with Gasteiger partial charge in [-0.15, -0.1) is 4.31 Å². The van der Waals surface area contributed by atoms with Gasteiger partial charge in [-0.25, -0.2) is 9.97 Å². The number of fused-ring (bicyclic) bond motifs is 1. The van der Waals surface area contributed by atoms with Crippen LogP contribution in [0.1, 0.15) is 36.6 Å². The maximum absolute atomic E-state index is 13.3. The van der Waals surface area contributed by atoms with E-state index in [2.05, 4.69) is 15.0 Å². The number of aromatic amines is 1. The van der Waals surface area contributed by atoms with Gasteiger partial charge in [-0.05, 0) is 50.5 Å². The first-order valence-corrected chi connectivity index (χ1v) is 12.5. The zero-order valence-electron chi connectivity index (χ0n) is 18.1. The van der Waals surface area contributed by atoms with Gasteiger partial charge in [0.05, 0.1) is 18.0 Å². The van der Waals surface area contributed by atoms with Crippen molar-refractivity contribution in [3.8, 4) is 0 Å². The van der Waals surface area contributed by atoms with Crippen LogP contribution in [0.15, 0.2) is 47.5 Å². The van der Waals surface area contributed by atoms with Crippen molar-refractivity contribution in [3.63, 3.8) is 0 Å². The highest BCUT2D eigenvalue weighted by atomic mass is 32.3. The van der Waals surface area contributed by atoms with Crippen molar-refractivity contribution in [1.29, 1.82) is 0 Å². The number of hydrogen-bond donors (Lipinski definition) is 1. The molecule has 3 atom stereocenters. The fourth-order valence-electron chi connectivity index (χ4n) is 4.72. The second-order valence-corrected chi connectivity index (χ2v) is 10.7. The number of benzene rings is 1. The van der Waals surface area contributed by atoms with Gasteiger partial charge in [0.15, 0.2) is 20.9 Å². The van der Waals surface area contributed by atoms with E-state index in [9.17, 15) is 13.6 Å². The summed E-state index contributed by atoms with van der Waals surface area (Å²) in [7, 11) is -3.60. The number of carbonyl (C=O) groups is 1. The highest BCUT2D eigenvalue weighted by Gasteiger charge is 2.40. The summed E-state index contributed by atoms with van der Waals surface area (Å²) in [5, 5.41) is 0. The molecule has 1 N–H and O–H groups in total. The number of hydrogen-bond acceptors (Lipinski definition) is 5. The lowest BCUT2D eigenvalue weighted by Crippen LogP contribution is -2.48. The van der Waals surface area contributed by atoms with E-state index in [4.69, 9.17) is 0 Å². The molecule has 2 aliphatic heterocycles. The van der Waals surface area contributed by atoms with Gasteiger partial charge in [0.1, 0.15) is 5.82 Å². The number of nitrogens with one attached hydrogen (secondary N) is 1. The largest absolute Gasteiger partial charge is 0.593 e. The molecule has 1 amide bonds. The predicted molar refractivity (Wildman–Crippen MR) is 120 cm³/mol. The Balaban J connectivity index is 1.26. The molecule has 2 saturated heterocycles. The molecule has 0 saturated carbocycles. The summed E-state index contributed by atoms with van der Waals surface area (Å²) in [5.74, 6) is 0.746. The number of aryl methyl sites for hydroxylation is 1. The molecule has 0 spiro atoms. The average Bonchev–Trinajstić information content (AvgIpc) is 3.46. The molecule has 0 bridgehead atoms. The van der Waals surface area contributed by atoms with Crippen LogP contribution in [0, 0.1) is 12.8 Å². The summed E-state index contributed by atoms with van der Waals surface area (Å²) < 4.78 is 27.7. The fraction of sp³-hybridized carbons (Fsp3) is 0.435. The van der Waals surface area contributed by atoms with E-state index in [-0.39, 0.29) is 29.2 Å². The van der Waals surface area contributed by atoms with Gasteiger partial charge < -0.3 is 14.4 Å². The van der Waals surface area contributed by atoms with E-state index in [1.165, 1.54) is 4.31 Å². The lowest BCUT2D eigenvalue weighted by atomic mass is 9.98. The number of nitrogens with zero attached hydrogens (tertiary/aromatic N) is 4. The molecular formula is C23H27N5O3S. The summed E-state index contributed by atoms with van der Waals surface area (Å²) in [5.41, 5.74) is 2.60. The minimum absolute atomic E-state index is 0.0468. The van der Waals surface area contributed by atoms with Crippen LogP contribution < -0.4 is 0 Å². The van der Waals surface area contributed by atoms with Crippen LogP contribution in [0.5, 0.6) is 0 Å². The van der Waals surface area contributed by atoms with E-state index in [1.54, 1.807) is 30.5 Å². The number of pyridine rings is 1. The Labute approximate surface area is 188 Å². The first kappa shape index (κ1) is 21.2. The molecular weight excluding hydrogens is 426 g/mol. The Morgan fingerprint density at radius 1 is 1.16 bits per heavy atom. The lowest BCUT2D eigenvalue weighted by Gasteiger charge is -2.35. The number of sulfonamides is 1. The number of rotatable bonds is 4. The standard InChI is InChI=1S/C23H27N5O3S/c1-16-6-8-19(9-7-16)32(30,31)28-12-3-4-18(15-28)23(29)27-13-10-17(14-27)21-25-20-5-2-11-24-22(20)26-21/h2,5-9,11,17-18H,3-4,10,12-15H2,1H3,(H-,24,25,26,30,31). The molecule has 2 aromatic heterocycles. The quantitative estimate of drug-likeness (QED) is 0.612. The number of aromatic nitrogens is 3. The van der Waals surface area contributed by atoms with Gasteiger partial charge in [-0.1, -0.05) is 21.9 Å². The van der Waals surface area contributed by atoms with Crippen LogP contribution in [0.4, 0.5) is 0 Å². The summed E-state index contributed by atoms with van der Waals surface area (Å²) >= 11 is 0. The smallest absolute Gasteiger partial charge is 0.227 e. The van der Waals surface area contributed by atoms with Crippen LogP contribution in [-0.2, 0) is 19.4 Å². The van der Waals surface area contributed by atoms with E-state index >= 15 is 0 Å². The van der Waals surface area contributed by atoms with Crippen molar-refractivity contribution in [2.75, 3.05) is 26.2 Å². The Bertz CT molecular complexity index is 1140. The number of piperidine rings is 1. The normalized spacial score (nSPS) is 24.0. The fourth-order valence-corrected chi connectivity index (χ4v) is 6.24. The van der Waals surface area contributed by atoms with Gasteiger partial charge in [0.25, 0.3) is 0 Å². The molecule has 5 rings (SSSR count). The number of H-pyrrole nitrogens is 1. The minimum Gasteiger partial charge on any atom is -0.593 e. The number of amides is 1. The van der Waals surface area contributed by atoms with Crippen LogP contribution in [0.25, 0.3) is 11.2 Å².